The van der Waals surface area contributed by atoms with Crippen LogP contribution in [0.15, 0.2) is 53.6 Å². The number of aromatic nitrogens is 1. The molecule has 0 aliphatic rings. The van der Waals surface area contributed by atoms with Crippen molar-refractivity contribution >= 4 is 17.6 Å². The molecule has 0 aliphatic carbocycles. The first-order chi connectivity index (χ1) is 12.9. The number of nitro benzene ring substituents is 1. The number of nitrogens with zero attached hydrogens (tertiary/aromatic N) is 3. The van der Waals surface area contributed by atoms with Crippen LogP contribution in [0.4, 0.5) is 11.4 Å². The fraction of sp³-hybridized carbons (Fsp3) is 0.190. The van der Waals surface area contributed by atoms with E-state index in [4.69, 9.17) is 0 Å². The summed E-state index contributed by atoms with van der Waals surface area (Å²) in [5, 5.41) is 15.0. The molecule has 0 unspecified atom stereocenters. The summed E-state index contributed by atoms with van der Waals surface area (Å²) in [6.45, 7) is 8.40. The van der Waals surface area contributed by atoms with Crippen molar-refractivity contribution in [3.63, 3.8) is 0 Å². The van der Waals surface area contributed by atoms with E-state index in [0.29, 0.717) is 5.69 Å². The number of rotatable bonds is 5. The first kappa shape index (κ1) is 18.4. The molecule has 0 bridgehead atoms. The Morgan fingerprint density at radius 3 is 2.44 bits per heavy atom. The van der Waals surface area contributed by atoms with Crippen molar-refractivity contribution in [2.45, 2.75) is 27.7 Å². The number of benzene rings is 2. The molecule has 1 N–H and O–H groups in total. The fourth-order valence-corrected chi connectivity index (χ4v) is 3.10. The van der Waals surface area contributed by atoms with Gasteiger partial charge in [0.25, 0.3) is 5.69 Å². The standard InChI is InChI=1S/C21H22N4O2/c1-14-6-5-7-21(16(14)3)24-15(2)12-18(17(24)4)13-22-23-19-8-10-20(11-9-19)25(26)27/h5-13,23H,1-4H3/b22-13+. The predicted molar refractivity (Wildman–Crippen MR) is 109 cm³/mol. The second kappa shape index (κ2) is 7.45. The van der Waals surface area contributed by atoms with E-state index >= 15 is 0 Å². The van der Waals surface area contributed by atoms with Crippen molar-refractivity contribution in [2.24, 2.45) is 5.10 Å². The van der Waals surface area contributed by atoms with Gasteiger partial charge in [0.1, 0.15) is 0 Å². The van der Waals surface area contributed by atoms with Crippen LogP contribution in [0.5, 0.6) is 0 Å². The molecule has 0 saturated carbocycles. The Bertz CT molecular complexity index is 1020. The van der Waals surface area contributed by atoms with Gasteiger partial charge in [0.2, 0.25) is 0 Å². The van der Waals surface area contributed by atoms with Gasteiger partial charge in [0.15, 0.2) is 0 Å². The zero-order chi connectivity index (χ0) is 19.6. The third kappa shape index (κ3) is 3.74. The van der Waals surface area contributed by atoms with Gasteiger partial charge in [-0.1, -0.05) is 12.1 Å². The lowest BCUT2D eigenvalue weighted by molar-refractivity contribution is -0.384. The Morgan fingerprint density at radius 1 is 1.07 bits per heavy atom. The number of anilines is 1. The van der Waals surface area contributed by atoms with Gasteiger partial charge >= 0.3 is 0 Å². The van der Waals surface area contributed by atoms with Gasteiger partial charge in [-0.3, -0.25) is 15.5 Å². The van der Waals surface area contributed by atoms with Crippen LogP contribution >= 0.6 is 0 Å². The molecule has 0 radical (unpaired) electrons. The molecule has 0 amide bonds. The molecular formula is C21H22N4O2. The highest BCUT2D eigenvalue weighted by Gasteiger charge is 2.12. The van der Waals surface area contributed by atoms with E-state index in [1.807, 2.05) is 0 Å². The van der Waals surface area contributed by atoms with Crippen LogP contribution in [0.3, 0.4) is 0 Å². The second-order valence-corrected chi connectivity index (χ2v) is 6.55. The fourth-order valence-electron chi connectivity index (χ4n) is 3.10. The predicted octanol–water partition coefficient (Wildman–Crippen LogP) is 5.07. The van der Waals surface area contributed by atoms with E-state index in [-0.39, 0.29) is 5.69 Å². The highest BCUT2D eigenvalue weighted by Crippen LogP contribution is 2.24. The molecule has 6 heteroatoms. The Balaban J connectivity index is 1.83. The zero-order valence-electron chi connectivity index (χ0n) is 15.9. The second-order valence-electron chi connectivity index (χ2n) is 6.55. The molecule has 138 valence electrons. The number of nitrogens with one attached hydrogen (secondary N) is 1. The van der Waals surface area contributed by atoms with Crippen molar-refractivity contribution < 1.29 is 4.92 Å². The van der Waals surface area contributed by atoms with Gasteiger partial charge in [-0.05, 0) is 63.1 Å². The maximum Gasteiger partial charge on any atom is 0.269 e. The van der Waals surface area contributed by atoms with Gasteiger partial charge in [0, 0.05) is 34.8 Å². The molecule has 1 aromatic heterocycles. The molecule has 3 aromatic rings. The van der Waals surface area contributed by atoms with Crippen LogP contribution < -0.4 is 5.43 Å². The summed E-state index contributed by atoms with van der Waals surface area (Å²) in [5.41, 5.74) is 10.6. The third-order valence-electron chi connectivity index (χ3n) is 4.76. The lowest BCUT2D eigenvalue weighted by atomic mass is 10.1. The molecule has 2 aromatic carbocycles. The highest BCUT2D eigenvalue weighted by atomic mass is 16.6. The van der Waals surface area contributed by atoms with Gasteiger partial charge in [0.05, 0.1) is 16.8 Å². The van der Waals surface area contributed by atoms with Crippen LogP contribution in [0, 0.1) is 37.8 Å². The Labute approximate surface area is 158 Å². The SMILES string of the molecule is Cc1cccc(-n2c(C)cc(/C=N/Nc3ccc([N+](=O)[O-])cc3)c2C)c1C. The minimum atomic E-state index is -0.421. The van der Waals surface area contributed by atoms with Crippen molar-refractivity contribution in [1.82, 2.24) is 4.57 Å². The minimum absolute atomic E-state index is 0.0570. The van der Waals surface area contributed by atoms with E-state index < -0.39 is 4.92 Å². The quantitative estimate of drug-likeness (QED) is 0.391. The highest BCUT2D eigenvalue weighted by molar-refractivity contribution is 5.83. The molecule has 0 saturated heterocycles. The largest absolute Gasteiger partial charge is 0.318 e. The monoisotopic (exact) mass is 362 g/mol. The molecular weight excluding hydrogens is 340 g/mol. The number of nitro groups is 1. The molecule has 0 fully saturated rings. The number of hydrogen-bond acceptors (Lipinski definition) is 4. The van der Waals surface area contributed by atoms with E-state index in [1.54, 1.807) is 18.3 Å². The van der Waals surface area contributed by atoms with E-state index in [9.17, 15) is 10.1 Å². The zero-order valence-corrected chi connectivity index (χ0v) is 15.9. The minimum Gasteiger partial charge on any atom is -0.318 e. The van der Waals surface area contributed by atoms with Gasteiger partial charge in [-0.25, -0.2) is 0 Å². The Hall–Kier alpha value is -3.41. The molecule has 1 heterocycles. The summed E-state index contributed by atoms with van der Waals surface area (Å²) >= 11 is 0. The average Bonchev–Trinajstić information content (AvgIpc) is 2.92. The van der Waals surface area contributed by atoms with Crippen LogP contribution in [-0.2, 0) is 0 Å². The maximum absolute atomic E-state index is 10.7. The van der Waals surface area contributed by atoms with Crippen molar-refractivity contribution in [3.05, 3.63) is 86.7 Å². The third-order valence-corrected chi connectivity index (χ3v) is 4.76. The Morgan fingerprint density at radius 2 is 1.78 bits per heavy atom. The topological polar surface area (TPSA) is 72.5 Å². The average molecular weight is 362 g/mol. The first-order valence-corrected chi connectivity index (χ1v) is 8.67. The molecule has 27 heavy (non-hydrogen) atoms. The summed E-state index contributed by atoms with van der Waals surface area (Å²) < 4.78 is 2.23. The summed E-state index contributed by atoms with van der Waals surface area (Å²) in [4.78, 5) is 10.3. The molecule has 0 aliphatic heterocycles. The molecule has 3 rings (SSSR count). The number of hydrazone groups is 1. The lowest BCUT2D eigenvalue weighted by Gasteiger charge is -2.14. The van der Waals surface area contributed by atoms with Crippen molar-refractivity contribution in [2.75, 3.05) is 5.43 Å². The van der Waals surface area contributed by atoms with Gasteiger partial charge < -0.3 is 4.57 Å². The summed E-state index contributed by atoms with van der Waals surface area (Å²) in [5.74, 6) is 0. The molecule has 0 atom stereocenters. The summed E-state index contributed by atoms with van der Waals surface area (Å²) in [7, 11) is 0. The van der Waals surface area contributed by atoms with Crippen LogP contribution in [-0.4, -0.2) is 15.7 Å². The van der Waals surface area contributed by atoms with Crippen LogP contribution in [0.1, 0.15) is 28.1 Å². The lowest BCUT2D eigenvalue weighted by Crippen LogP contribution is -2.03. The smallest absolute Gasteiger partial charge is 0.269 e. The normalized spacial score (nSPS) is 11.1. The summed E-state index contributed by atoms with van der Waals surface area (Å²) in [6, 6.07) is 14.6. The van der Waals surface area contributed by atoms with Crippen LogP contribution in [0.2, 0.25) is 0 Å². The van der Waals surface area contributed by atoms with Crippen LogP contribution in [0.25, 0.3) is 5.69 Å². The number of hydrogen-bond donors (Lipinski definition) is 1. The van der Waals surface area contributed by atoms with Gasteiger partial charge in [-0.2, -0.15) is 5.10 Å². The number of non-ortho nitro benzene ring substituents is 1. The van der Waals surface area contributed by atoms with Gasteiger partial charge in [-0.15, -0.1) is 0 Å². The Kier molecular flexibility index (Phi) is 5.07. The van der Waals surface area contributed by atoms with Crippen molar-refractivity contribution in [1.29, 1.82) is 0 Å². The van der Waals surface area contributed by atoms with E-state index in [2.05, 4.69) is 67.1 Å². The molecule has 6 nitrogen and oxygen atoms in total. The van der Waals surface area contributed by atoms with E-state index in [1.165, 1.54) is 28.9 Å². The maximum atomic E-state index is 10.7. The first-order valence-electron chi connectivity index (χ1n) is 8.67. The molecule has 0 spiro atoms. The number of aryl methyl sites for hydroxylation is 2. The summed E-state index contributed by atoms with van der Waals surface area (Å²) in [6.07, 6.45) is 1.77. The van der Waals surface area contributed by atoms with Crippen molar-refractivity contribution in [3.8, 4) is 5.69 Å². The van der Waals surface area contributed by atoms with E-state index in [0.717, 1.165) is 17.0 Å².